The molecule has 0 aliphatic carbocycles. The van der Waals surface area contributed by atoms with E-state index in [1.807, 2.05) is 30.3 Å². The fourth-order valence-electron chi connectivity index (χ4n) is 1.25. The standard InChI is InChI=1S/C12H8IN3/c13-10-2-1-3-11(6-10)16-12-5-4-9(7-14)8-15-12/h1-6,8H,(H,15,16). The molecule has 0 saturated heterocycles. The molecule has 3 nitrogen and oxygen atoms in total. The number of nitrogens with one attached hydrogen (secondary N) is 1. The minimum Gasteiger partial charge on any atom is -0.340 e. The van der Waals surface area contributed by atoms with E-state index in [0.717, 1.165) is 15.1 Å². The van der Waals surface area contributed by atoms with Gasteiger partial charge in [-0.25, -0.2) is 4.98 Å². The van der Waals surface area contributed by atoms with Crippen LogP contribution in [0.5, 0.6) is 0 Å². The average Bonchev–Trinajstić information content (AvgIpc) is 2.30. The lowest BCUT2D eigenvalue weighted by Gasteiger charge is -2.05. The molecule has 1 heterocycles. The van der Waals surface area contributed by atoms with E-state index in [1.54, 1.807) is 18.3 Å². The summed E-state index contributed by atoms with van der Waals surface area (Å²) in [6.45, 7) is 0. The third-order valence-electron chi connectivity index (χ3n) is 1.99. The highest BCUT2D eigenvalue weighted by molar-refractivity contribution is 14.1. The third-order valence-corrected chi connectivity index (χ3v) is 2.66. The molecule has 0 aliphatic heterocycles. The van der Waals surface area contributed by atoms with Gasteiger partial charge in [-0.15, -0.1) is 0 Å². The molecular formula is C12H8IN3. The average molecular weight is 321 g/mol. The number of aromatic nitrogens is 1. The first-order valence-corrected chi connectivity index (χ1v) is 5.74. The van der Waals surface area contributed by atoms with Crippen LogP contribution in [0.3, 0.4) is 0 Å². The fourth-order valence-corrected chi connectivity index (χ4v) is 1.79. The van der Waals surface area contributed by atoms with Crippen LogP contribution in [-0.4, -0.2) is 4.98 Å². The summed E-state index contributed by atoms with van der Waals surface area (Å²) in [6.07, 6.45) is 1.55. The summed E-state index contributed by atoms with van der Waals surface area (Å²) in [7, 11) is 0. The number of pyridine rings is 1. The molecule has 1 N–H and O–H groups in total. The molecule has 1 aromatic carbocycles. The lowest BCUT2D eigenvalue weighted by atomic mass is 10.3. The molecule has 0 atom stereocenters. The Labute approximate surface area is 107 Å². The first kappa shape index (κ1) is 10.9. The monoisotopic (exact) mass is 321 g/mol. The molecule has 16 heavy (non-hydrogen) atoms. The van der Waals surface area contributed by atoms with Gasteiger partial charge in [0.1, 0.15) is 11.9 Å². The zero-order chi connectivity index (χ0) is 11.4. The van der Waals surface area contributed by atoms with E-state index in [4.69, 9.17) is 5.26 Å². The van der Waals surface area contributed by atoms with E-state index in [-0.39, 0.29) is 0 Å². The van der Waals surface area contributed by atoms with E-state index in [2.05, 4.69) is 32.9 Å². The predicted molar refractivity (Wildman–Crippen MR) is 71.4 cm³/mol. The number of nitriles is 1. The Morgan fingerprint density at radius 3 is 2.75 bits per heavy atom. The second-order valence-corrected chi connectivity index (χ2v) is 4.42. The molecule has 0 spiro atoms. The molecule has 0 aliphatic rings. The Morgan fingerprint density at radius 2 is 2.12 bits per heavy atom. The molecule has 0 saturated carbocycles. The van der Waals surface area contributed by atoms with Crippen LogP contribution in [0.25, 0.3) is 0 Å². The lowest BCUT2D eigenvalue weighted by Crippen LogP contribution is -1.93. The quantitative estimate of drug-likeness (QED) is 0.864. The predicted octanol–water partition coefficient (Wildman–Crippen LogP) is 3.30. The van der Waals surface area contributed by atoms with Crippen LogP contribution >= 0.6 is 22.6 Å². The number of benzene rings is 1. The third kappa shape index (κ3) is 2.70. The van der Waals surface area contributed by atoms with Crippen molar-refractivity contribution in [2.45, 2.75) is 0 Å². The molecule has 0 radical (unpaired) electrons. The molecule has 78 valence electrons. The number of halogens is 1. The number of anilines is 2. The van der Waals surface area contributed by atoms with Gasteiger partial charge in [0.15, 0.2) is 0 Å². The highest BCUT2D eigenvalue weighted by atomic mass is 127. The van der Waals surface area contributed by atoms with Crippen molar-refractivity contribution in [2.75, 3.05) is 5.32 Å². The number of hydrogen-bond acceptors (Lipinski definition) is 3. The highest BCUT2D eigenvalue weighted by Crippen LogP contribution is 2.16. The van der Waals surface area contributed by atoms with E-state index >= 15 is 0 Å². The SMILES string of the molecule is N#Cc1ccc(Nc2cccc(I)c2)nc1. The maximum absolute atomic E-state index is 8.64. The Balaban J connectivity index is 2.18. The van der Waals surface area contributed by atoms with Crippen LogP contribution in [0, 0.1) is 14.9 Å². The van der Waals surface area contributed by atoms with Gasteiger partial charge >= 0.3 is 0 Å². The maximum atomic E-state index is 8.64. The summed E-state index contributed by atoms with van der Waals surface area (Å²) >= 11 is 2.26. The summed E-state index contributed by atoms with van der Waals surface area (Å²) in [5, 5.41) is 11.8. The topological polar surface area (TPSA) is 48.7 Å². The van der Waals surface area contributed by atoms with Crippen molar-refractivity contribution in [1.82, 2.24) is 4.98 Å². The molecule has 1 aromatic heterocycles. The molecule has 2 rings (SSSR count). The number of hydrogen-bond donors (Lipinski definition) is 1. The Bertz CT molecular complexity index is 529. The van der Waals surface area contributed by atoms with Crippen molar-refractivity contribution in [1.29, 1.82) is 5.26 Å². The van der Waals surface area contributed by atoms with Gasteiger partial charge in [-0.2, -0.15) is 5.26 Å². The van der Waals surface area contributed by atoms with E-state index < -0.39 is 0 Å². The minimum atomic E-state index is 0.563. The van der Waals surface area contributed by atoms with Gasteiger partial charge in [-0.3, -0.25) is 0 Å². The summed E-state index contributed by atoms with van der Waals surface area (Å²) in [4.78, 5) is 4.14. The molecule has 2 aromatic rings. The zero-order valence-corrected chi connectivity index (χ0v) is 10.5. The molecule has 0 bridgehead atoms. The van der Waals surface area contributed by atoms with Crippen molar-refractivity contribution in [2.24, 2.45) is 0 Å². The van der Waals surface area contributed by atoms with Gasteiger partial charge in [-0.1, -0.05) is 6.07 Å². The first-order chi connectivity index (χ1) is 7.78. The number of nitrogens with zero attached hydrogens (tertiary/aromatic N) is 2. The normalized spacial score (nSPS) is 9.50. The Hall–Kier alpha value is -1.61. The van der Waals surface area contributed by atoms with Crippen molar-refractivity contribution < 1.29 is 0 Å². The van der Waals surface area contributed by atoms with Gasteiger partial charge in [0.25, 0.3) is 0 Å². The van der Waals surface area contributed by atoms with Crippen LogP contribution in [0.4, 0.5) is 11.5 Å². The van der Waals surface area contributed by atoms with E-state index in [9.17, 15) is 0 Å². The molecule has 0 unspecified atom stereocenters. The van der Waals surface area contributed by atoms with Crippen LogP contribution in [0.1, 0.15) is 5.56 Å². The van der Waals surface area contributed by atoms with Crippen LogP contribution < -0.4 is 5.32 Å². The second kappa shape index (κ2) is 4.94. The first-order valence-electron chi connectivity index (χ1n) is 4.67. The van der Waals surface area contributed by atoms with Gasteiger partial charge in [-0.05, 0) is 52.9 Å². The van der Waals surface area contributed by atoms with Gasteiger partial charge in [0.2, 0.25) is 0 Å². The van der Waals surface area contributed by atoms with Gasteiger partial charge < -0.3 is 5.32 Å². The van der Waals surface area contributed by atoms with Gasteiger partial charge in [0, 0.05) is 15.5 Å². The van der Waals surface area contributed by atoms with Crippen molar-refractivity contribution in [3.05, 3.63) is 51.7 Å². The maximum Gasteiger partial charge on any atom is 0.130 e. The fraction of sp³-hybridized carbons (Fsp3) is 0. The highest BCUT2D eigenvalue weighted by Gasteiger charge is 1.97. The Kier molecular flexibility index (Phi) is 3.37. The van der Waals surface area contributed by atoms with Crippen molar-refractivity contribution in [3.8, 4) is 6.07 Å². The Morgan fingerprint density at radius 1 is 1.25 bits per heavy atom. The lowest BCUT2D eigenvalue weighted by molar-refractivity contribution is 1.29. The van der Waals surface area contributed by atoms with Gasteiger partial charge in [0.05, 0.1) is 5.56 Å². The summed E-state index contributed by atoms with van der Waals surface area (Å²) < 4.78 is 1.16. The van der Waals surface area contributed by atoms with Crippen molar-refractivity contribution >= 4 is 34.1 Å². The molecule has 0 fully saturated rings. The summed E-state index contributed by atoms with van der Waals surface area (Å²) in [6, 6.07) is 13.6. The minimum absolute atomic E-state index is 0.563. The number of rotatable bonds is 2. The zero-order valence-electron chi connectivity index (χ0n) is 8.31. The van der Waals surface area contributed by atoms with Crippen LogP contribution in [0.2, 0.25) is 0 Å². The van der Waals surface area contributed by atoms with Crippen LogP contribution in [-0.2, 0) is 0 Å². The second-order valence-electron chi connectivity index (χ2n) is 3.18. The molecule has 0 amide bonds. The largest absolute Gasteiger partial charge is 0.340 e. The molecule has 4 heteroatoms. The smallest absolute Gasteiger partial charge is 0.130 e. The van der Waals surface area contributed by atoms with E-state index in [1.165, 1.54) is 0 Å². The van der Waals surface area contributed by atoms with E-state index in [0.29, 0.717) is 5.56 Å². The molecular weight excluding hydrogens is 313 g/mol. The van der Waals surface area contributed by atoms with Crippen LogP contribution in [0.15, 0.2) is 42.6 Å². The summed E-state index contributed by atoms with van der Waals surface area (Å²) in [5.74, 6) is 0.737. The van der Waals surface area contributed by atoms with Crippen molar-refractivity contribution in [3.63, 3.8) is 0 Å². The summed E-state index contributed by atoms with van der Waals surface area (Å²) in [5.41, 5.74) is 1.55.